The van der Waals surface area contributed by atoms with E-state index in [2.05, 4.69) is 15.8 Å². The largest absolute Gasteiger partial charge is 0.508 e. The predicted molar refractivity (Wildman–Crippen MR) is 132 cm³/mol. The van der Waals surface area contributed by atoms with Gasteiger partial charge in [0.2, 0.25) is 0 Å². The molecule has 0 saturated carbocycles. The zero-order valence-electron chi connectivity index (χ0n) is 18.2. The van der Waals surface area contributed by atoms with E-state index in [0.717, 1.165) is 5.56 Å². The molecule has 2 amide bonds. The highest BCUT2D eigenvalue weighted by Crippen LogP contribution is 2.28. The fraction of sp³-hybridized carbons (Fsp3) is 0.160. The number of carbonyl (C=O) groups excluding carboxylic acids is 2. The second-order valence-electron chi connectivity index (χ2n) is 7.41. The van der Waals surface area contributed by atoms with E-state index < -0.39 is 24.0 Å². The quantitative estimate of drug-likeness (QED) is 0.301. The first-order valence-electron chi connectivity index (χ1n) is 10.4. The summed E-state index contributed by atoms with van der Waals surface area (Å²) in [4.78, 5) is 25.7. The third-order valence-corrected chi connectivity index (χ3v) is 5.27. The van der Waals surface area contributed by atoms with Crippen LogP contribution in [0.3, 0.4) is 0 Å². The molecule has 3 aromatic carbocycles. The van der Waals surface area contributed by atoms with Gasteiger partial charge in [-0.2, -0.15) is 5.10 Å². The summed E-state index contributed by atoms with van der Waals surface area (Å²) in [5, 5.41) is 16.9. The number of hydrogen-bond acceptors (Lipinski definition) is 5. The zero-order valence-corrected chi connectivity index (χ0v) is 19.8. The molecule has 2 atom stereocenters. The minimum absolute atomic E-state index is 0.0827. The first-order valence-corrected chi connectivity index (χ1v) is 11.2. The van der Waals surface area contributed by atoms with Crippen LogP contribution in [0.5, 0.6) is 11.5 Å². The summed E-state index contributed by atoms with van der Waals surface area (Å²) in [5.41, 5.74) is 3.90. The van der Waals surface area contributed by atoms with Gasteiger partial charge < -0.3 is 15.2 Å². The third kappa shape index (κ3) is 7.50. The maximum Gasteiger partial charge on any atom is 0.262 e. The van der Waals surface area contributed by atoms with Crippen molar-refractivity contribution in [2.24, 2.45) is 5.10 Å². The van der Waals surface area contributed by atoms with E-state index in [9.17, 15) is 14.7 Å². The van der Waals surface area contributed by atoms with Crippen LogP contribution < -0.4 is 15.5 Å². The second kappa shape index (κ2) is 12.1. The Morgan fingerprint density at radius 3 is 2.50 bits per heavy atom. The molecule has 3 N–H and O–H groups in total. The summed E-state index contributed by atoms with van der Waals surface area (Å²) in [6.07, 6.45) is 0.711. The lowest BCUT2D eigenvalue weighted by Gasteiger charge is -2.21. The number of rotatable bonds is 9. The number of carbonyl (C=O) groups is 2. The molecule has 9 heteroatoms. The van der Waals surface area contributed by atoms with Crippen LogP contribution in [-0.4, -0.2) is 35.3 Å². The fourth-order valence-corrected chi connectivity index (χ4v) is 3.47. The van der Waals surface area contributed by atoms with E-state index in [-0.39, 0.29) is 17.2 Å². The van der Waals surface area contributed by atoms with Crippen molar-refractivity contribution in [2.75, 3.05) is 0 Å². The molecule has 0 saturated heterocycles. The average Bonchev–Trinajstić information content (AvgIpc) is 2.81. The lowest BCUT2D eigenvalue weighted by molar-refractivity contribution is -0.132. The minimum atomic E-state index is -0.930. The van der Waals surface area contributed by atoms with Gasteiger partial charge in [0.05, 0.1) is 11.2 Å². The molecular formula is C25H23Cl2N3O4. The Balaban J connectivity index is 1.68. The number of phenols is 1. The average molecular weight is 500 g/mol. The molecule has 0 fully saturated rings. The third-order valence-electron chi connectivity index (χ3n) is 4.74. The van der Waals surface area contributed by atoms with Gasteiger partial charge in [0.1, 0.15) is 17.5 Å². The standard InChI is InChI=1S/C25H23Cl2N3O4/c1-16(34-23-11-10-19(26)14-21(23)27)24(32)29-22(13-17-6-3-2-4-7-17)25(33)30-28-15-18-8-5-9-20(31)12-18/h2-12,14-16,22,31H,13H2,1H3,(H,29,32)(H,30,33)/b28-15-/t16-,22+/m0/s1. The summed E-state index contributed by atoms with van der Waals surface area (Å²) in [6.45, 7) is 1.55. The summed E-state index contributed by atoms with van der Waals surface area (Å²) in [5.74, 6) is -0.628. The van der Waals surface area contributed by atoms with Gasteiger partial charge >= 0.3 is 0 Å². The molecular weight excluding hydrogens is 477 g/mol. The van der Waals surface area contributed by atoms with Gasteiger partial charge in [0, 0.05) is 11.4 Å². The molecule has 176 valence electrons. The molecule has 0 aliphatic heterocycles. The van der Waals surface area contributed by atoms with Gasteiger partial charge in [-0.1, -0.05) is 65.7 Å². The number of halogens is 2. The number of hydrogen-bond donors (Lipinski definition) is 3. The fourth-order valence-electron chi connectivity index (χ4n) is 3.02. The Kier molecular flexibility index (Phi) is 8.90. The molecule has 3 rings (SSSR count). The van der Waals surface area contributed by atoms with Crippen LogP contribution >= 0.6 is 23.2 Å². The van der Waals surface area contributed by atoms with Gasteiger partial charge in [0.25, 0.3) is 11.8 Å². The van der Waals surface area contributed by atoms with Crippen LogP contribution in [0.2, 0.25) is 10.0 Å². The van der Waals surface area contributed by atoms with Crippen molar-refractivity contribution in [2.45, 2.75) is 25.5 Å². The smallest absolute Gasteiger partial charge is 0.262 e. The maximum absolute atomic E-state index is 12.8. The molecule has 0 spiro atoms. The van der Waals surface area contributed by atoms with Gasteiger partial charge in [-0.25, -0.2) is 5.43 Å². The number of nitrogens with one attached hydrogen (secondary N) is 2. The molecule has 3 aromatic rings. The number of aromatic hydroxyl groups is 1. The van der Waals surface area contributed by atoms with Crippen LogP contribution in [-0.2, 0) is 16.0 Å². The number of amides is 2. The number of hydrazone groups is 1. The molecule has 0 aromatic heterocycles. The Hall–Kier alpha value is -3.55. The molecule has 0 unspecified atom stereocenters. The van der Waals surface area contributed by atoms with E-state index in [0.29, 0.717) is 16.3 Å². The van der Waals surface area contributed by atoms with Gasteiger partial charge in [0.15, 0.2) is 6.10 Å². The van der Waals surface area contributed by atoms with Gasteiger partial charge in [-0.3, -0.25) is 9.59 Å². The zero-order chi connectivity index (χ0) is 24.5. The van der Waals surface area contributed by atoms with Crippen molar-refractivity contribution < 1.29 is 19.4 Å². The molecule has 0 aliphatic rings. The highest BCUT2D eigenvalue weighted by molar-refractivity contribution is 6.35. The van der Waals surface area contributed by atoms with Crippen LogP contribution in [0, 0.1) is 0 Å². The molecule has 0 heterocycles. The number of benzene rings is 3. The van der Waals surface area contributed by atoms with E-state index in [1.165, 1.54) is 24.4 Å². The van der Waals surface area contributed by atoms with Crippen LogP contribution in [0.15, 0.2) is 77.9 Å². The lowest BCUT2D eigenvalue weighted by Crippen LogP contribution is -2.50. The first kappa shape index (κ1) is 25.1. The molecule has 0 aliphatic carbocycles. The lowest BCUT2D eigenvalue weighted by atomic mass is 10.1. The predicted octanol–water partition coefficient (Wildman–Crippen LogP) is 4.34. The normalized spacial score (nSPS) is 12.7. The monoisotopic (exact) mass is 499 g/mol. The Morgan fingerprint density at radius 2 is 1.79 bits per heavy atom. The van der Waals surface area contributed by atoms with Crippen molar-refractivity contribution in [3.63, 3.8) is 0 Å². The Bertz CT molecular complexity index is 1170. The molecule has 0 radical (unpaired) electrons. The second-order valence-corrected chi connectivity index (χ2v) is 8.26. The summed E-state index contributed by atoms with van der Waals surface area (Å²) in [7, 11) is 0. The SMILES string of the molecule is C[C@H](Oc1ccc(Cl)cc1Cl)C(=O)N[C@H](Cc1ccccc1)C(=O)N/N=C\c1cccc(O)c1. The topological polar surface area (TPSA) is 100 Å². The minimum Gasteiger partial charge on any atom is -0.508 e. The van der Waals surface area contributed by atoms with Crippen molar-refractivity contribution >= 4 is 41.2 Å². The van der Waals surface area contributed by atoms with Crippen LogP contribution in [0.25, 0.3) is 0 Å². The highest BCUT2D eigenvalue weighted by atomic mass is 35.5. The number of nitrogens with zero attached hydrogens (tertiary/aromatic N) is 1. The van der Waals surface area contributed by atoms with Crippen molar-refractivity contribution in [3.05, 3.63) is 94.0 Å². The van der Waals surface area contributed by atoms with E-state index in [1.807, 2.05) is 30.3 Å². The Morgan fingerprint density at radius 1 is 1.03 bits per heavy atom. The van der Waals surface area contributed by atoms with Crippen molar-refractivity contribution in [1.29, 1.82) is 0 Å². The first-order chi connectivity index (χ1) is 16.3. The van der Waals surface area contributed by atoms with Gasteiger partial charge in [-0.05, 0) is 48.4 Å². The number of ether oxygens (including phenoxy) is 1. The van der Waals surface area contributed by atoms with Crippen LogP contribution in [0.1, 0.15) is 18.1 Å². The molecule has 7 nitrogen and oxygen atoms in total. The van der Waals surface area contributed by atoms with Crippen molar-refractivity contribution in [3.8, 4) is 11.5 Å². The Labute approximate surface area is 207 Å². The van der Waals surface area contributed by atoms with E-state index in [4.69, 9.17) is 27.9 Å². The molecule has 0 bridgehead atoms. The van der Waals surface area contributed by atoms with E-state index in [1.54, 1.807) is 31.2 Å². The maximum atomic E-state index is 12.8. The highest BCUT2D eigenvalue weighted by Gasteiger charge is 2.25. The summed E-state index contributed by atoms with van der Waals surface area (Å²) < 4.78 is 5.66. The summed E-state index contributed by atoms with van der Waals surface area (Å²) >= 11 is 12.0. The van der Waals surface area contributed by atoms with E-state index >= 15 is 0 Å². The van der Waals surface area contributed by atoms with Gasteiger partial charge in [-0.15, -0.1) is 0 Å². The van der Waals surface area contributed by atoms with Crippen LogP contribution in [0.4, 0.5) is 0 Å². The number of phenolic OH excluding ortho intramolecular Hbond substituents is 1. The van der Waals surface area contributed by atoms with Crippen molar-refractivity contribution in [1.82, 2.24) is 10.7 Å². The molecule has 34 heavy (non-hydrogen) atoms. The summed E-state index contributed by atoms with van der Waals surface area (Å²) in [6, 6.07) is 19.5.